The van der Waals surface area contributed by atoms with E-state index in [4.69, 9.17) is 0 Å². The van der Waals surface area contributed by atoms with Gasteiger partial charge in [0, 0.05) is 0 Å². The molecule has 0 amide bonds. The molecule has 2 rings (SSSR count). The van der Waals surface area contributed by atoms with Gasteiger partial charge in [0.25, 0.3) is 0 Å². The normalized spacial score (nSPS) is 11.3. The number of benzene rings is 2. The van der Waals surface area contributed by atoms with Crippen LogP contribution in [0.2, 0.25) is 0 Å². The molecule has 0 aliphatic carbocycles. The third-order valence-corrected chi connectivity index (χ3v) is 3.89. The van der Waals surface area contributed by atoms with Crippen molar-refractivity contribution in [2.45, 2.75) is 0 Å². The molecule has 2 aromatic carbocycles. The molecule has 90 valence electrons. The third kappa shape index (κ3) is 4.86. The molecule has 0 saturated carbocycles. The first-order chi connectivity index (χ1) is 8.95. The van der Waals surface area contributed by atoms with Gasteiger partial charge in [-0.25, -0.2) is 0 Å². The van der Waals surface area contributed by atoms with E-state index in [1.807, 2.05) is 36.4 Å². The molecule has 0 spiro atoms. The molecule has 18 heavy (non-hydrogen) atoms. The molecule has 0 saturated heterocycles. The Hall–Kier alpha value is -1.38. The number of hydrogen-bond acceptors (Lipinski definition) is 2. The largest absolute Gasteiger partial charge is 0.0622 e. The van der Waals surface area contributed by atoms with E-state index < -0.39 is 0 Å². The Kier molecular flexibility index (Phi) is 5.70. The van der Waals surface area contributed by atoms with E-state index in [2.05, 4.69) is 47.2 Å². The van der Waals surface area contributed by atoms with Gasteiger partial charge in [-0.05, 0) is 34.1 Å². The Balaban J connectivity index is 1.73. The quantitative estimate of drug-likeness (QED) is 0.504. The zero-order valence-electron chi connectivity index (χ0n) is 9.90. The van der Waals surface area contributed by atoms with Crippen molar-refractivity contribution in [3.63, 3.8) is 0 Å². The molecule has 0 aliphatic rings. The maximum atomic E-state index is 2.12. The number of rotatable bonds is 5. The fraction of sp³-hybridized carbons (Fsp3) is 0. The summed E-state index contributed by atoms with van der Waals surface area (Å²) < 4.78 is 0. The Labute approximate surface area is 116 Å². The highest BCUT2D eigenvalue weighted by Gasteiger charge is 1.84. The highest BCUT2D eigenvalue weighted by Crippen LogP contribution is 2.25. The Morgan fingerprint density at radius 2 is 0.944 bits per heavy atom. The molecule has 0 bridgehead atoms. The van der Waals surface area contributed by atoms with Crippen LogP contribution < -0.4 is 0 Å². The average Bonchev–Trinajstić information content (AvgIpc) is 2.45. The van der Waals surface area contributed by atoms with Crippen LogP contribution >= 0.6 is 21.6 Å². The Morgan fingerprint density at radius 1 is 0.556 bits per heavy atom. The predicted molar refractivity (Wildman–Crippen MR) is 86.1 cm³/mol. The molecular formula is C16H14S2. The summed E-state index contributed by atoms with van der Waals surface area (Å²) in [7, 11) is 3.43. The fourth-order valence-corrected chi connectivity index (χ4v) is 2.68. The van der Waals surface area contributed by atoms with E-state index >= 15 is 0 Å². The average molecular weight is 270 g/mol. The topological polar surface area (TPSA) is 0 Å². The van der Waals surface area contributed by atoms with Gasteiger partial charge in [-0.15, -0.1) is 0 Å². The minimum atomic E-state index is 1.23. The van der Waals surface area contributed by atoms with Crippen LogP contribution in [0.3, 0.4) is 0 Å². The van der Waals surface area contributed by atoms with E-state index in [1.54, 1.807) is 21.6 Å². The van der Waals surface area contributed by atoms with Crippen molar-refractivity contribution in [2.75, 3.05) is 0 Å². The van der Waals surface area contributed by atoms with Gasteiger partial charge in [0.15, 0.2) is 0 Å². The van der Waals surface area contributed by atoms with Crippen LogP contribution in [0.15, 0.2) is 71.5 Å². The number of hydrogen-bond donors (Lipinski definition) is 0. The minimum absolute atomic E-state index is 1.23. The van der Waals surface area contributed by atoms with Gasteiger partial charge in [0.05, 0.1) is 0 Å². The van der Waals surface area contributed by atoms with Crippen molar-refractivity contribution >= 4 is 33.7 Å². The molecule has 0 aliphatic heterocycles. The third-order valence-electron chi connectivity index (χ3n) is 2.29. The molecule has 0 atom stereocenters. The van der Waals surface area contributed by atoms with Crippen molar-refractivity contribution in [3.8, 4) is 0 Å². The highest BCUT2D eigenvalue weighted by atomic mass is 33.1. The van der Waals surface area contributed by atoms with Crippen LogP contribution in [0.5, 0.6) is 0 Å². The maximum Gasteiger partial charge on any atom is -0.0172 e. The summed E-state index contributed by atoms with van der Waals surface area (Å²) in [5.74, 6) is 0. The van der Waals surface area contributed by atoms with Gasteiger partial charge in [0.1, 0.15) is 0 Å². The van der Waals surface area contributed by atoms with Gasteiger partial charge < -0.3 is 0 Å². The maximum absolute atomic E-state index is 2.12. The first-order valence-corrected chi connectivity index (χ1v) is 7.98. The smallest absolute Gasteiger partial charge is 0.0172 e. The van der Waals surface area contributed by atoms with E-state index in [1.165, 1.54) is 11.1 Å². The SMILES string of the molecule is C(=Cc1ccccc1)SSC=Cc1ccccc1. The minimum Gasteiger partial charge on any atom is -0.0622 e. The van der Waals surface area contributed by atoms with Crippen LogP contribution in [0, 0.1) is 0 Å². The predicted octanol–water partition coefficient (Wildman–Crippen LogP) is 5.71. The summed E-state index contributed by atoms with van der Waals surface area (Å²) in [4.78, 5) is 0. The van der Waals surface area contributed by atoms with Crippen LogP contribution in [0.25, 0.3) is 12.2 Å². The van der Waals surface area contributed by atoms with Crippen LogP contribution in [-0.2, 0) is 0 Å². The summed E-state index contributed by atoms with van der Waals surface area (Å²) in [6, 6.07) is 20.6. The summed E-state index contributed by atoms with van der Waals surface area (Å²) >= 11 is 0. The van der Waals surface area contributed by atoms with E-state index in [9.17, 15) is 0 Å². The van der Waals surface area contributed by atoms with Gasteiger partial charge in [-0.3, -0.25) is 0 Å². The lowest BCUT2D eigenvalue weighted by molar-refractivity contribution is 1.67. The Bertz CT molecular complexity index is 452. The van der Waals surface area contributed by atoms with Crippen LogP contribution in [0.4, 0.5) is 0 Å². The second-order valence-corrected chi connectivity index (χ2v) is 5.70. The summed E-state index contributed by atoms with van der Waals surface area (Å²) in [6.45, 7) is 0. The fourth-order valence-electron chi connectivity index (χ4n) is 1.41. The van der Waals surface area contributed by atoms with Crippen LogP contribution in [0.1, 0.15) is 11.1 Å². The Morgan fingerprint density at radius 3 is 1.33 bits per heavy atom. The van der Waals surface area contributed by atoms with E-state index in [0.29, 0.717) is 0 Å². The molecule has 2 heteroatoms. The zero-order valence-corrected chi connectivity index (χ0v) is 11.5. The van der Waals surface area contributed by atoms with Gasteiger partial charge in [-0.1, -0.05) is 82.3 Å². The molecule has 0 N–H and O–H groups in total. The van der Waals surface area contributed by atoms with Crippen molar-refractivity contribution in [1.29, 1.82) is 0 Å². The van der Waals surface area contributed by atoms with Crippen molar-refractivity contribution in [3.05, 3.63) is 82.6 Å². The zero-order chi connectivity index (χ0) is 12.5. The monoisotopic (exact) mass is 270 g/mol. The van der Waals surface area contributed by atoms with Crippen molar-refractivity contribution in [1.82, 2.24) is 0 Å². The van der Waals surface area contributed by atoms with E-state index in [-0.39, 0.29) is 0 Å². The molecular weight excluding hydrogens is 256 g/mol. The summed E-state index contributed by atoms with van der Waals surface area (Å²) in [5.41, 5.74) is 2.47. The molecule has 2 aromatic rings. The molecule has 0 unspecified atom stereocenters. The highest BCUT2D eigenvalue weighted by molar-refractivity contribution is 8.79. The second kappa shape index (κ2) is 7.85. The lowest BCUT2D eigenvalue weighted by atomic mass is 10.2. The lowest BCUT2D eigenvalue weighted by Crippen LogP contribution is -1.66. The molecule has 0 radical (unpaired) electrons. The van der Waals surface area contributed by atoms with Crippen molar-refractivity contribution in [2.24, 2.45) is 0 Å². The van der Waals surface area contributed by atoms with Crippen LogP contribution in [-0.4, -0.2) is 0 Å². The molecule has 0 aromatic heterocycles. The van der Waals surface area contributed by atoms with Gasteiger partial charge in [-0.2, -0.15) is 0 Å². The molecule has 0 heterocycles. The summed E-state index contributed by atoms with van der Waals surface area (Å²) in [5, 5.41) is 4.21. The van der Waals surface area contributed by atoms with Gasteiger partial charge in [0.2, 0.25) is 0 Å². The molecule has 0 fully saturated rings. The standard InChI is InChI=1S/C16H14S2/c1-3-7-15(8-4-1)11-13-17-18-14-12-16-9-5-2-6-10-16/h1-14H. The second-order valence-electron chi connectivity index (χ2n) is 3.62. The van der Waals surface area contributed by atoms with E-state index in [0.717, 1.165) is 0 Å². The summed E-state index contributed by atoms with van der Waals surface area (Å²) in [6.07, 6.45) is 4.24. The first kappa shape index (κ1) is 13.1. The first-order valence-electron chi connectivity index (χ1n) is 5.70. The van der Waals surface area contributed by atoms with Crippen molar-refractivity contribution < 1.29 is 0 Å². The van der Waals surface area contributed by atoms with Gasteiger partial charge >= 0.3 is 0 Å². The molecule has 0 nitrogen and oxygen atoms in total. The lowest BCUT2D eigenvalue weighted by Gasteiger charge is -1.92.